The van der Waals surface area contributed by atoms with Crippen LogP contribution >= 0.6 is 0 Å². The molecule has 1 fully saturated rings. The quantitative estimate of drug-likeness (QED) is 0.571. The molecule has 0 bridgehead atoms. The highest BCUT2D eigenvalue weighted by Crippen LogP contribution is 2.24. The Hall–Kier alpha value is -3.33. The fourth-order valence-corrected chi connectivity index (χ4v) is 3.41. The third-order valence-electron chi connectivity index (χ3n) is 4.87. The van der Waals surface area contributed by atoms with E-state index in [1.165, 1.54) is 0 Å². The van der Waals surface area contributed by atoms with Crippen molar-refractivity contribution < 1.29 is 0 Å². The molecule has 1 saturated heterocycles. The summed E-state index contributed by atoms with van der Waals surface area (Å²) < 4.78 is 3.80. The van der Waals surface area contributed by atoms with Gasteiger partial charge in [-0.3, -0.25) is 9.08 Å². The summed E-state index contributed by atoms with van der Waals surface area (Å²) in [5, 5.41) is 19.5. The normalized spacial score (nSPS) is 16.9. The average Bonchev–Trinajstić information content (AvgIpc) is 3.43. The number of aromatic nitrogens is 7. The molecular weight excluding hydrogens is 342 g/mol. The average molecular weight is 361 g/mol. The molecule has 1 aliphatic heterocycles. The summed E-state index contributed by atoms with van der Waals surface area (Å²) in [5.74, 6) is 2.78. The lowest BCUT2D eigenvalue weighted by atomic mass is 10.1. The Morgan fingerprint density at radius 1 is 1.19 bits per heavy atom. The number of hydrogen-bond acceptors (Lipinski definition) is 7. The number of aryl methyl sites for hydroxylation is 1. The highest BCUT2D eigenvalue weighted by molar-refractivity contribution is 5.65. The standard InChI is InChI=1S/C18H19N9/c1-26-15(4-8-21-26)23-18-20-7-3-14(22-18)12-5-9-27-16(10-12)24-25-17(27)13-2-6-19-11-13/h3-5,7-10,13,19H,2,6,11H2,1H3,(H,20,22,23)/t13-/m1/s1. The van der Waals surface area contributed by atoms with Crippen molar-refractivity contribution in [3.8, 4) is 11.3 Å². The van der Waals surface area contributed by atoms with Crippen LogP contribution in [0.5, 0.6) is 0 Å². The lowest BCUT2D eigenvalue weighted by molar-refractivity contribution is 0.691. The first-order valence-corrected chi connectivity index (χ1v) is 8.92. The molecule has 0 saturated carbocycles. The summed E-state index contributed by atoms with van der Waals surface area (Å²) in [6, 6.07) is 7.81. The number of hydrogen-bond donors (Lipinski definition) is 2. The lowest BCUT2D eigenvalue weighted by Gasteiger charge is -2.08. The SMILES string of the molecule is Cn1nccc1Nc1nccc(-c2ccn3c([C@@H]4CCNC4)nnc3c2)n1. The number of fused-ring (bicyclic) bond motifs is 1. The maximum Gasteiger partial charge on any atom is 0.228 e. The molecule has 0 aromatic carbocycles. The van der Waals surface area contributed by atoms with E-state index in [0.29, 0.717) is 11.9 Å². The zero-order valence-corrected chi connectivity index (χ0v) is 14.9. The molecule has 5 rings (SSSR count). The highest BCUT2D eigenvalue weighted by Gasteiger charge is 2.22. The highest BCUT2D eigenvalue weighted by atomic mass is 15.3. The van der Waals surface area contributed by atoms with Crippen molar-refractivity contribution in [2.75, 3.05) is 18.4 Å². The van der Waals surface area contributed by atoms with Crippen molar-refractivity contribution >= 4 is 17.4 Å². The van der Waals surface area contributed by atoms with Gasteiger partial charge < -0.3 is 10.6 Å². The van der Waals surface area contributed by atoms with Crippen molar-refractivity contribution in [1.82, 2.24) is 39.7 Å². The molecule has 0 radical (unpaired) electrons. The van der Waals surface area contributed by atoms with Gasteiger partial charge in [0.15, 0.2) is 5.65 Å². The van der Waals surface area contributed by atoms with Crippen molar-refractivity contribution in [3.05, 3.63) is 48.7 Å². The number of anilines is 2. The minimum atomic E-state index is 0.416. The van der Waals surface area contributed by atoms with Gasteiger partial charge in [-0.1, -0.05) is 0 Å². The van der Waals surface area contributed by atoms with Crippen LogP contribution in [0.1, 0.15) is 18.2 Å². The van der Waals surface area contributed by atoms with Gasteiger partial charge in [0.1, 0.15) is 11.6 Å². The van der Waals surface area contributed by atoms with Crippen molar-refractivity contribution in [2.45, 2.75) is 12.3 Å². The van der Waals surface area contributed by atoms with E-state index in [0.717, 1.165) is 48.1 Å². The molecule has 1 aliphatic rings. The number of pyridine rings is 1. The Labute approximate surface area is 155 Å². The fraction of sp³-hybridized carbons (Fsp3) is 0.278. The molecule has 9 nitrogen and oxygen atoms in total. The Morgan fingerprint density at radius 2 is 2.15 bits per heavy atom. The van der Waals surface area contributed by atoms with Crippen LogP contribution in [0.25, 0.3) is 16.9 Å². The summed E-state index contributed by atoms with van der Waals surface area (Å²) in [4.78, 5) is 8.92. The van der Waals surface area contributed by atoms with Crippen LogP contribution in [0, 0.1) is 0 Å². The first-order valence-electron chi connectivity index (χ1n) is 8.92. The molecule has 4 aromatic rings. The van der Waals surface area contributed by atoms with Gasteiger partial charge in [-0.25, -0.2) is 9.97 Å². The van der Waals surface area contributed by atoms with Crippen LogP contribution in [0.4, 0.5) is 11.8 Å². The summed E-state index contributed by atoms with van der Waals surface area (Å²) in [6.07, 6.45) is 6.58. The summed E-state index contributed by atoms with van der Waals surface area (Å²) in [6.45, 7) is 1.99. The van der Waals surface area contributed by atoms with Gasteiger partial charge in [0.05, 0.1) is 11.9 Å². The second kappa shape index (κ2) is 6.44. The van der Waals surface area contributed by atoms with E-state index >= 15 is 0 Å². The van der Waals surface area contributed by atoms with E-state index in [9.17, 15) is 0 Å². The maximum absolute atomic E-state index is 4.62. The minimum Gasteiger partial charge on any atom is -0.316 e. The second-order valence-electron chi connectivity index (χ2n) is 6.62. The molecule has 9 heteroatoms. The van der Waals surface area contributed by atoms with Crippen LogP contribution in [0.15, 0.2) is 42.9 Å². The van der Waals surface area contributed by atoms with E-state index in [4.69, 9.17) is 0 Å². The predicted octanol–water partition coefficient (Wildman–Crippen LogP) is 1.74. The van der Waals surface area contributed by atoms with Gasteiger partial charge in [-0.05, 0) is 31.2 Å². The predicted molar refractivity (Wildman–Crippen MR) is 101 cm³/mol. The molecule has 27 heavy (non-hydrogen) atoms. The van der Waals surface area contributed by atoms with Gasteiger partial charge in [-0.2, -0.15) is 5.10 Å². The van der Waals surface area contributed by atoms with E-state index in [2.05, 4.69) is 40.3 Å². The van der Waals surface area contributed by atoms with Gasteiger partial charge in [0, 0.05) is 43.5 Å². The van der Waals surface area contributed by atoms with E-state index in [1.54, 1.807) is 17.1 Å². The van der Waals surface area contributed by atoms with Crippen LogP contribution < -0.4 is 10.6 Å². The van der Waals surface area contributed by atoms with Gasteiger partial charge in [0.2, 0.25) is 5.95 Å². The lowest BCUT2D eigenvalue weighted by Crippen LogP contribution is -2.10. The first kappa shape index (κ1) is 15.9. The van der Waals surface area contributed by atoms with Crippen LogP contribution in [0.3, 0.4) is 0 Å². The number of nitrogens with zero attached hydrogens (tertiary/aromatic N) is 7. The van der Waals surface area contributed by atoms with Crippen LogP contribution in [-0.4, -0.2) is 47.4 Å². The van der Waals surface area contributed by atoms with Crippen molar-refractivity contribution in [3.63, 3.8) is 0 Å². The third kappa shape index (κ3) is 2.91. The molecule has 1 atom stereocenters. The Balaban J connectivity index is 1.46. The minimum absolute atomic E-state index is 0.416. The molecule has 0 amide bonds. The molecule has 0 unspecified atom stereocenters. The fourth-order valence-electron chi connectivity index (χ4n) is 3.41. The molecule has 0 spiro atoms. The maximum atomic E-state index is 4.62. The first-order chi connectivity index (χ1) is 13.3. The summed E-state index contributed by atoms with van der Waals surface area (Å²) >= 11 is 0. The molecule has 2 N–H and O–H groups in total. The largest absolute Gasteiger partial charge is 0.316 e. The number of nitrogens with one attached hydrogen (secondary N) is 2. The zero-order chi connectivity index (χ0) is 18.2. The molecule has 5 heterocycles. The van der Waals surface area contributed by atoms with Gasteiger partial charge >= 0.3 is 0 Å². The number of rotatable bonds is 4. The topological polar surface area (TPSA) is 97.9 Å². The molecule has 0 aliphatic carbocycles. The van der Waals surface area contributed by atoms with Crippen LogP contribution in [0.2, 0.25) is 0 Å². The van der Waals surface area contributed by atoms with Crippen molar-refractivity contribution in [1.29, 1.82) is 0 Å². The Bertz CT molecular complexity index is 1090. The second-order valence-corrected chi connectivity index (χ2v) is 6.62. The van der Waals surface area contributed by atoms with Gasteiger partial charge in [-0.15, -0.1) is 10.2 Å². The Morgan fingerprint density at radius 3 is 2.96 bits per heavy atom. The summed E-state index contributed by atoms with van der Waals surface area (Å²) in [5.41, 5.74) is 2.62. The molecule has 136 valence electrons. The van der Waals surface area contributed by atoms with Crippen molar-refractivity contribution in [2.24, 2.45) is 7.05 Å². The van der Waals surface area contributed by atoms with E-state index < -0.39 is 0 Å². The summed E-state index contributed by atoms with van der Waals surface area (Å²) in [7, 11) is 1.86. The van der Waals surface area contributed by atoms with Gasteiger partial charge in [0.25, 0.3) is 0 Å². The monoisotopic (exact) mass is 361 g/mol. The zero-order valence-electron chi connectivity index (χ0n) is 14.9. The Kier molecular flexibility index (Phi) is 3.79. The van der Waals surface area contributed by atoms with E-state index in [1.807, 2.05) is 37.5 Å². The smallest absolute Gasteiger partial charge is 0.228 e. The third-order valence-corrected chi connectivity index (χ3v) is 4.87. The molecular formula is C18H19N9. The van der Waals surface area contributed by atoms with E-state index in [-0.39, 0.29) is 0 Å². The van der Waals surface area contributed by atoms with Crippen LogP contribution in [-0.2, 0) is 7.05 Å². The molecule has 4 aromatic heterocycles.